The number of aliphatic hydroxyl groups excluding tert-OH is 1. The summed E-state index contributed by atoms with van der Waals surface area (Å²) in [4.78, 5) is 34.4. The highest BCUT2D eigenvalue weighted by molar-refractivity contribution is 14.1. The van der Waals surface area contributed by atoms with Gasteiger partial charge in [0.2, 0.25) is 0 Å². The van der Waals surface area contributed by atoms with E-state index in [0.717, 1.165) is 0 Å². The van der Waals surface area contributed by atoms with Gasteiger partial charge in [0, 0.05) is 36.0 Å². The number of hydrogen-bond donors (Lipinski definition) is 1. The first kappa shape index (κ1) is 28.0. The Bertz CT molecular complexity index is 830. The normalized spacial score (nSPS) is 10.6. The number of carbonyl (C=O) groups is 2. The number of rotatable bonds is 12. The van der Waals surface area contributed by atoms with Gasteiger partial charge in [0.1, 0.15) is 0 Å². The first-order valence-electron chi connectivity index (χ1n) is 9.16. The van der Waals surface area contributed by atoms with Crippen molar-refractivity contribution in [3.05, 3.63) is 72.5 Å². The number of hydrogen-bond acceptors (Lipinski definition) is 4. The number of benzene rings is 1. The van der Waals surface area contributed by atoms with E-state index < -0.39 is 0 Å². The highest BCUT2D eigenvalue weighted by Crippen LogP contribution is 2.38. The van der Waals surface area contributed by atoms with Crippen molar-refractivity contribution in [1.29, 1.82) is 0 Å². The number of carbonyl (C=O) groups excluding carboxylic acids is 2. The van der Waals surface area contributed by atoms with Crippen molar-refractivity contribution in [2.24, 2.45) is 4.99 Å². The van der Waals surface area contributed by atoms with Gasteiger partial charge >= 0.3 is 0 Å². The second kappa shape index (κ2) is 14.2. The molecule has 166 valence electrons. The van der Waals surface area contributed by atoms with Gasteiger partial charge in [-0.3, -0.25) is 14.6 Å². The van der Waals surface area contributed by atoms with E-state index in [2.05, 4.69) is 76.5 Å². The molecule has 0 fully saturated rings. The van der Waals surface area contributed by atoms with Gasteiger partial charge in [-0.25, -0.2) is 0 Å². The highest BCUT2D eigenvalue weighted by atomic mass is 127. The van der Waals surface area contributed by atoms with E-state index in [1.54, 1.807) is 34.1 Å². The van der Waals surface area contributed by atoms with E-state index in [1.807, 2.05) is 22.6 Å². The molecule has 0 spiro atoms. The lowest BCUT2D eigenvalue weighted by Crippen LogP contribution is -2.35. The summed E-state index contributed by atoms with van der Waals surface area (Å²) in [5, 5.41) is 9.23. The third kappa shape index (κ3) is 6.96. The molecule has 6 nitrogen and oxygen atoms in total. The summed E-state index contributed by atoms with van der Waals surface area (Å²) in [6, 6.07) is 0. The lowest BCUT2D eigenvalue weighted by atomic mass is 10.1. The van der Waals surface area contributed by atoms with Crippen LogP contribution in [0.5, 0.6) is 0 Å². The van der Waals surface area contributed by atoms with Crippen LogP contribution >= 0.6 is 67.8 Å². The summed E-state index contributed by atoms with van der Waals surface area (Å²) < 4.78 is 1.75. The van der Waals surface area contributed by atoms with Crippen LogP contribution in [0.3, 0.4) is 0 Å². The van der Waals surface area contributed by atoms with E-state index in [0.29, 0.717) is 53.7 Å². The maximum absolute atomic E-state index is 13.5. The molecule has 0 saturated carbocycles. The molecule has 0 bridgehead atoms. The fraction of sp³-hybridized carbons (Fsp3) is 0.227. The Morgan fingerprint density at radius 2 is 1.13 bits per heavy atom. The minimum Gasteiger partial charge on any atom is -0.391 e. The van der Waals surface area contributed by atoms with Gasteiger partial charge in [0.25, 0.3) is 11.8 Å². The van der Waals surface area contributed by atoms with Crippen LogP contribution < -0.4 is 0 Å². The lowest BCUT2D eigenvalue weighted by molar-refractivity contribution is 0.0786. The molecular formula is C22H24I3N3O3. The SMILES string of the molecule is C=CCN(CC=C)C(=O)c1c(I)c(N=CCO)c(I)c(C(=O)N(CC=C)CC=C)c1I. The van der Waals surface area contributed by atoms with Gasteiger partial charge in [-0.2, -0.15) is 0 Å². The Hall–Kier alpha value is -1.06. The number of amides is 2. The van der Waals surface area contributed by atoms with E-state index in [1.165, 1.54) is 6.21 Å². The van der Waals surface area contributed by atoms with Crippen molar-refractivity contribution >= 4 is 91.5 Å². The molecule has 0 radical (unpaired) electrons. The molecule has 2 amide bonds. The Morgan fingerprint density at radius 3 is 1.42 bits per heavy atom. The Kier molecular flexibility index (Phi) is 12.8. The molecule has 1 rings (SSSR count). The van der Waals surface area contributed by atoms with Crippen molar-refractivity contribution < 1.29 is 14.7 Å². The molecule has 1 aromatic rings. The Balaban J connectivity index is 3.86. The van der Waals surface area contributed by atoms with E-state index in [9.17, 15) is 14.7 Å². The van der Waals surface area contributed by atoms with Crippen LogP contribution in [-0.2, 0) is 0 Å². The molecule has 31 heavy (non-hydrogen) atoms. The van der Waals surface area contributed by atoms with Crippen LogP contribution in [0.15, 0.2) is 55.6 Å². The third-order valence-corrected chi connectivity index (χ3v) is 7.18. The molecule has 0 aliphatic heterocycles. The standard InChI is InChI=1S/C22H24I3N3O3/c1-5-10-27(11-6-2)21(30)15-17(23)16(22(31)28(12-7-3)13-8-4)19(25)20(18(15)24)26-9-14-29/h5-9,29H,1-4,10-14H2. The summed E-state index contributed by atoms with van der Waals surface area (Å²) in [6.07, 6.45) is 7.90. The first-order valence-corrected chi connectivity index (χ1v) is 12.4. The lowest BCUT2D eigenvalue weighted by Gasteiger charge is -2.25. The molecule has 0 saturated heterocycles. The van der Waals surface area contributed by atoms with Crippen molar-refractivity contribution in [3.8, 4) is 0 Å². The van der Waals surface area contributed by atoms with Gasteiger partial charge in [-0.15, -0.1) is 26.3 Å². The minimum absolute atomic E-state index is 0.251. The Labute approximate surface area is 224 Å². The summed E-state index contributed by atoms with van der Waals surface area (Å²) >= 11 is 6.18. The van der Waals surface area contributed by atoms with Crippen molar-refractivity contribution in [3.63, 3.8) is 0 Å². The zero-order chi connectivity index (χ0) is 23.6. The quantitative estimate of drug-likeness (QED) is 0.189. The second-order valence-corrected chi connectivity index (χ2v) is 9.35. The van der Waals surface area contributed by atoms with Gasteiger partial charge in [0.05, 0.1) is 30.6 Å². The van der Waals surface area contributed by atoms with Gasteiger partial charge in [0.15, 0.2) is 0 Å². The van der Waals surface area contributed by atoms with Crippen molar-refractivity contribution in [2.75, 3.05) is 32.8 Å². The maximum atomic E-state index is 13.5. The maximum Gasteiger partial charge on any atom is 0.256 e. The molecule has 0 atom stereocenters. The smallest absolute Gasteiger partial charge is 0.256 e. The molecule has 0 unspecified atom stereocenters. The average Bonchev–Trinajstić information content (AvgIpc) is 2.73. The molecule has 1 aromatic carbocycles. The molecular weight excluding hydrogens is 735 g/mol. The van der Waals surface area contributed by atoms with Crippen molar-refractivity contribution in [1.82, 2.24) is 9.80 Å². The third-order valence-electron chi connectivity index (χ3n) is 4.00. The molecule has 9 heteroatoms. The van der Waals surface area contributed by atoms with E-state index >= 15 is 0 Å². The van der Waals surface area contributed by atoms with E-state index in [4.69, 9.17) is 0 Å². The predicted molar refractivity (Wildman–Crippen MR) is 152 cm³/mol. The topological polar surface area (TPSA) is 73.2 Å². The van der Waals surface area contributed by atoms with Crippen LogP contribution in [-0.4, -0.2) is 65.7 Å². The summed E-state index contributed by atoms with van der Waals surface area (Å²) in [5.41, 5.74) is 1.24. The first-order chi connectivity index (χ1) is 14.8. The van der Waals surface area contributed by atoms with Gasteiger partial charge in [-0.05, 0) is 67.8 Å². The van der Waals surface area contributed by atoms with Crippen LogP contribution in [0.1, 0.15) is 20.7 Å². The number of aliphatic imine (C=N–C) groups is 1. The monoisotopic (exact) mass is 759 g/mol. The van der Waals surface area contributed by atoms with Crippen molar-refractivity contribution in [2.45, 2.75) is 0 Å². The highest BCUT2D eigenvalue weighted by Gasteiger charge is 2.31. The zero-order valence-corrected chi connectivity index (χ0v) is 23.5. The van der Waals surface area contributed by atoms with Crippen LogP contribution in [0.25, 0.3) is 0 Å². The Morgan fingerprint density at radius 1 is 0.774 bits per heavy atom. The van der Waals surface area contributed by atoms with Crippen LogP contribution in [0.4, 0.5) is 5.69 Å². The molecule has 0 heterocycles. The fourth-order valence-electron chi connectivity index (χ4n) is 2.69. The molecule has 0 aliphatic carbocycles. The second-order valence-electron chi connectivity index (χ2n) is 6.11. The molecule has 0 aromatic heterocycles. The van der Waals surface area contributed by atoms with E-state index in [-0.39, 0.29) is 18.4 Å². The van der Waals surface area contributed by atoms with Gasteiger partial charge < -0.3 is 14.9 Å². The molecule has 1 N–H and O–H groups in total. The largest absolute Gasteiger partial charge is 0.391 e. The average molecular weight is 759 g/mol. The zero-order valence-electron chi connectivity index (χ0n) is 17.0. The summed E-state index contributed by atoms with van der Waals surface area (Å²) in [7, 11) is 0. The number of nitrogens with zero attached hydrogens (tertiary/aromatic N) is 3. The van der Waals surface area contributed by atoms with Crippen LogP contribution in [0.2, 0.25) is 0 Å². The summed E-state index contributed by atoms with van der Waals surface area (Å²) in [5.74, 6) is -0.503. The number of halogens is 3. The predicted octanol–water partition coefficient (Wildman–Crippen LogP) is 4.82. The number of aliphatic hydroxyl groups is 1. The fourth-order valence-corrected chi connectivity index (χ4v) is 7.06. The van der Waals surface area contributed by atoms with Crippen LogP contribution in [0, 0.1) is 10.7 Å². The molecule has 0 aliphatic rings. The minimum atomic E-state index is -0.261. The summed E-state index contributed by atoms with van der Waals surface area (Å²) in [6.45, 7) is 16.0. The van der Waals surface area contributed by atoms with Gasteiger partial charge in [-0.1, -0.05) is 24.3 Å².